The summed E-state index contributed by atoms with van der Waals surface area (Å²) < 4.78 is 0. The lowest BCUT2D eigenvalue weighted by Gasteiger charge is -2.23. The largest absolute Gasteiger partial charge is 0.334 e. The predicted molar refractivity (Wildman–Crippen MR) is 105 cm³/mol. The van der Waals surface area contributed by atoms with Crippen molar-refractivity contribution in [2.75, 3.05) is 24.2 Å². The molecule has 26 heavy (non-hydrogen) atoms. The molecule has 0 fully saturated rings. The predicted octanol–water partition coefficient (Wildman–Crippen LogP) is 3.11. The summed E-state index contributed by atoms with van der Waals surface area (Å²) in [6, 6.07) is 15.5. The molecule has 6 heteroatoms. The number of fused-ring (bicyclic) bond motifs is 1. The van der Waals surface area contributed by atoms with Gasteiger partial charge in [-0.2, -0.15) is 0 Å². The zero-order valence-electron chi connectivity index (χ0n) is 14.6. The van der Waals surface area contributed by atoms with Gasteiger partial charge < -0.3 is 16.0 Å². The van der Waals surface area contributed by atoms with Crippen LogP contribution >= 0.6 is 11.8 Å². The third-order valence-electron chi connectivity index (χ3n) is 4.22. The highest BCUT2D eigenvalue weighted by Crippen LogP contribution is 2.31. The molecule has 0 atom stereocenters. The van der Waals surface area contributed by atoms with E-state index >= 15 is 0 Å². The van der Waals surface area contributed by atoms with Crippen LogP contribution in [0, 0.1) is 0 Å². The monoisotopic (exact) mass is 369 g/mol. The van der Waals surface area contributed by atoms with Gasteiger partial charge in [0.1, 0.15) is 0 Å². The number of amides is 2. The molecule has 5 nitrogen and oxygen atoms in total. The van der Waals surface area contributed by atoms with Gasteiger partial charge in [0.2, 0.25) is 5.91 Å². The summed E-state index contributed by atoms with van der Waals surface area (Å²) in [6.45, 7) is 1.68. The lowest BCUT2D eigenvalue weighted by Crippen LogP contribution is -2.32. The lowest BCUT2D eigenvalue weighted by atomic mass is 10.1. The van der Waals surface area contributed by atoms with Crippen LogP contribution in [0.4, 0.5) is 5.69 Å². The van der Waals surface area contributed by atoms with Gasteiger partial charge in [-0.25, -0.2) is 0 Å². The summed E-state index contributed by atoms with van der Waals surface area (Å²) in [5.41, 5.74) is 8.03. The Bertz CT molecular complexity index is 780. The Hall–Kier alpha value is -2.31. The Morgan fingerprint density at radius 1 is 1.19 bits per heavy atom. The van der Waals surface area contributed by atoms with Crippen molar-refractivity contribution in [3.63, 3.8) is 0 Å². The zero-order chi connectivity index (χ0) is 18.4. The third-order valence-corrected chi connectivity index (χ3v) is 5.30. The molecular weight excluding hydrogens is 346 g/mol. The summed E-state index contributed by atoms with van der Waals surface area (Å²) in [5.74, 6) is 0.696. The van der Waals surface area contributed by atoms with Crippen LogP contribution in [0.1, 0.15) is 28.8 Å². The van der Waals surface area contributed by atoms with E-state index in [0.717, 1.165) is 28.3 Å². The summed E-state index contributed by atoms with van der Waals surface area (Å²) >= 11 is 1.63. The number of anilines is 1. The van der Waals surface area contributed by atoms with E-state index in [1.54, 1.807) is 17.8 Å². The average molecular weight is 369 g/mol. The molecule has 0 aliphatic carbocycles. The van der Waals surface area contributed by atoms with Crippen LogP contribution in [0.5, 0.6) is 0 Å². The molecule has 1 aliphatic heterocycles. The van der Waals surface area contributed by atoms with Gasteiger partial charge in [-0.1, -0.05) is 30.3 Å². The number of nitrogens with zero attached hydrogens (tertiary/aromatic N) is 1. The Morgan fingerprint density at radius 2 is 2.00 bits per heavy atom. The van der Waals surface area contributed by atoms with Crippen LogP contribution < -0.4 is 11.1 Å². The van der Waals surface area contributed by atoms with Gasteiger partial charge in [-0.05, 0) is 36.7 Å². The molecule has 3 N–H and O–H groups in total. The van der Waals surface area contributed by atoms with E-state index in [1.165, 1.54) is 0 Å². The second-order valence-electron chi connectivity index (χ2n) is 6.21. The van der Waals surface area contributed by atoms with Crippen LogP contribution in [0.25, 0.3) is 0 Å². The molecule has 1 aliphatic rings. The molecule has 0 spiro atoms. The number of carbonyl (C=O) groups is 2. The van der Waals surface area contributed by atoms with Crippen LogP contribution in [0.3, 0.4) is 0 Å². The van der Waals surface area contributed by atoms with E-state index in [1.807, 2.05) is 47.4 Å². The fourth-order valence-corrected chi connectivity index (χ4v) is 3.81. The second kappa shape index (κ2) is 8.87. The maximum absolute atomic E-state index is 13.1. The normalized spacial score (nSPS) is 13.5. The Morgan fingerprint density at radius 3 is 2.77 bits per heavy atom. The number of rotatable bonds is 6. The molecule has 0 radical (unpaired) electrons. The van der Waals surface area contributed by atoms with Crippen molar-refractivity contribution in [2.45, 2.75) is 24.3 Å². The number of nitrogens with one attached hydrogen (secondary N) is 1. The fraction of sp³-hybridized carbons (Fsp3) is 0.300. The minimum absolute atomic E-state index is 0.00915. The Labute approximate surface area is 157 Å². The molecular formula is C20H23N3O2S. The summed E-state index contributed by atoms with van der Waals surface area (Å²) in [7, 11) is 0. The van der Waals surface area contributed by atoms with E-state index in [2.05, 4.69) is 5.32 Å². The molecule has 2 aromatic carbocycles. The molecule has 0 unspecified atom stereocenters. The molecule has 1 heterocycles. The number of carbonyl (C=O) groups excluding carboxylic acids is 2. The van der Waals surface area contributed by atoms with Gasteiger partial charge in [0.25, 0.3) is 5.91 Å². The number of benzene rings is 2. The number of hydrogen-bond donors (Lipinski definition) is 2. The van der Waals surface area contributed by atoms with E-state index in [9.17, 15) is 9.59 Å². The van der Waals surface area contributed by atoms with Gasteiger partial charge in [0.05, 0.1) is 5.69 Å². The molecule has 0 saturated carbocycles. The minimum atomic E-state index is -0.0476. The van der Waals surface area contributed by atoms with Crippen LogP contribution in [-0.4, -0.2) is 35.6 Å². The zero-order valence-corrected chi connectivity index (χ0v) is 15.4. The summed E-state index contributed by atoms with van der Waals surface area (Å²) in [6.07, 6.45) is 1.23. The van der Waals surface area contributed by atoms with Gasteiger partial charge in [0.15, 0.2) is 0 Å². The van der Waals surface area contributed by atoms with Crippen molar-refractivity contribution < 1.29 is 9.59 Å². The van der Waals surface area contributed by atoms with Crippen LogP contribution in [-0.2, 0) is 11.3 Å². The topological polar surface area (TPSA) is 75.4 Å². The van der Waals surface area contributed by atoms with E-state index < -0.39 is 0 Å². The highest BCUT2D eigenvalue weighted by molar-refractivity contribution is 7.99. The quantitative estimate of drug-likeness (QED) is 0.820. The van der Waals surface area contributed by atoms with Crippen molar-refractivity contribution in [3.05, 3.63) is 59.7 Å². The first-order valence-electron chi connectivity index (χ1n) is 8.77. The first-order chi connectivity index (χ1) is 12.7. The maximum Gasteiger partial charge on any atom is 0.254 e. The fourth-order valence-electron chi connectivity index (χ4n) is 2.87. The van der Waals surface area contributed by atoms with Crippen molar-refractivity contribution in [2.24, 2.45) is 5.73 Å². The first-order valence-corrected chi connectivity index (χ1v) is 9.76. The minimum Gasteiger partial charge on any atom is -0.334 e. The molecule has 0 aromatic heterocycles. The Balaban J connectivity index is 1.82. The average Bonchev–Trinajstić information content (AvgIpc) is 2.85. The molecule has 2 amide bonds. The summed E-state index contributed by atoms with van der Waals surface area (Å²) in [4.78, 5) is 27.7. The number of nitrogens with two attached hydrogens (primary N) is 1. The number of hydrogen-bond acceptors (Lipinski definition) is 4. The molecule has 2 aromatic rings. The van der Waals surface area contributed by atoms with Crippen molar-refractivity contribution in [1.29, 1.82) is 0 Å². The second-order valence-corrected chi connectivity index (χ2v) is 7.35. The van der Waals surface area contributed by atoms with Crippen molar-refractivity contribution in [1.82, 2.24) is 4.90 Å². The highest BCUT2D eigenvalue weighted by Gasteiger charge is 2.19. The standard InChI is InChI=1S/C20H23N3O2S/c21-10-4-11-23(14-15-5-2-1-3-6-15)20(25)16-7-8-18-17(13-16)22-19(24)9-12-26-18/h1-3,5-8,13H,4,9-12,14,21H2,(H,22,24). The maximum atomic E-state index is 13.1. The third kappa shape index (κ3) is 4.65. The van der Waals surface area contributed by atoms with E-state index in [0.29, 0.717) is 31.6 Å². The van der Waals surface area contributed by atoms with Crippen molar-refractivity contribution >= 4 is 29.3 Å². The van der Waals surface area contributed by atoms with Crippen LogP contribution in [0.15, 0.2) is 53.4 Å². The van der Waals surface area contributed by atoms with Gasteiger partial charge in [-0.15, -0.1) is 11.8 Å². The molecule has 3 rings (SSSR count). The smallest absolute Gasteiger partial charge is 0.254 e. The molecule has 136 valence electrons. The Kier molecular flexibility index (Phi) is 6.30. The van der Waals surface area contributed by atoms with E-state index in [4.69, 9.17) is 5.73 Å². The lowest BCUT2D eigenvalue weighted by molar-refractivity contribution is -0.115. The van der Waals surface area contributed by atoms with E-state index in [-0.39, 0.29) is 11.8 Å². The molecule has 0 bridgehead atoms. The van der Waals surface area contributed by atoms with Gasteiger partial charge >= 0.3 is 0 Å². The van der Waals surface area contributed by atoms with Gasteiger partial charge in [-0.3, -0.25) is 9.59 Å². The SMILES string of the molecule is NCCCN(Cc1ccccc1)C(=O)c1ccc2c(c1)NC(=O)CCS2. The van der Waals surface area contributed by atoms with Gasteiger partial charge in [0, 0.05) is 35.7 Å². The first kappa shape index (κ1) is 18.5. The highest BCUT2D eigenvalue weighted by atomic mass is 32.2. The number of thioether (sulfide) groups is 1. The van der Waals surface area contributed by atoms with Crippen molar-refractivity contribution in [3.8, 4) is 0 Å². The van der Waals surface area contributed by atoms with Crippen LogP contribution in [0.2, 0.25) is 0 Å². The summed E-state index contributed by atoms with van der Waals surface area (Å²) in [5, 5.41) is 2.90. The molecule has 0 saturated heterocycles.